The van der Waals surface area contributed by atoms with E-state index in [0.717, 1.165) is 22.2 Å². The third kappa shape index (κ3) is 2.79. The van der Waals surface area contributed by atoms with Crippen LogP contribution in [-0.2, 0) is 6.54 Å². The fraction of sp³-hybridized carbons (Fsp3) is 0.0435. The van der Waals surface area contributed by atoms with Crippen molar-refractivity contribution in [3.8, 4) is 11.3 Å². The number of aromatic nitrogens is 3. The Labute approximate surface area is 166 Å². The lowest BCUT2D eigenvalue weighted by atomic mass is 10.1. The van der Waals surface area contributed by atoms with Gasteiger partial charge in [-0.25, -0.2) is 9.38 Å². The summed E-state index contributed by atoms with van der Waals surface area (Å²) in [6.07, 6.45) is 0. The van der Waals surface area contributed by atoms with Gasteiger partial charge in [0.25, 0.3) is 5.56 Å². The molecule has 0 amide bonds. The molecule has 0 saturated heterocycles. The topological polar surface area (TPSA) is 39.3 Å². The second-order valence-electron chi connectivity index (χ2n) is 6.68. The van der Waals surface area contributed by atoms with Crippen molar-refractivity contribution in [2.75, 3.05) is 0 Å². The normalized spacial score (nSPS) is 11.3. The molecule has 0 fully saturated rings. The van der Waals surface area contributed by atoms with Crippen LogP contribution in [0, 0.1) is 0 Å². The third-order valence-corrected chi connectivity index (χ3v) is 5.13. The Bertz CT molecular complexity index is 1350. The predicted molar refractivity (Wildman–Crippen MR) is 113 cm³/mol. The molecule has 0 radical (unpaired) electrons. The van der Waals surface area contributed by atoms with E-state index in [-0.39, 0.29) is 5.56 Å². The van der Waals surface area contributed by atoms with Gasteiger partial charge in [0.2, 0.25) is 5.78 Å². The molecule has 0 aliphatic carbocycles. The van der Waals surface area contributed by atoms with E-state index in [1.165, 1.54) is 0 Å². The van der Waals surface area contributed by atoms with Crippen LogP contribution in [0.25, 0.3) is 28.1 Å². The van der Waals surface area contributed by atoms with Gasteiger partial charge in [0.15, 0.2) is 0 Å². The maximum absolute atomic E-state index is 13.0. The number of rotatable bonds is 3. The number of para-hydroxylation sites is 2. The molecule has 5 rings (SSSR count). The van der Waals surface area contributed by atoms with Crippen molar-refractivity contribution < 1.29 is 0 Å². The molecule has 0 bridgehead atoms. The zero-order valence-electron chi connectivity index (χ0n) is 14.9. The first-order valence-corrected chi connectivity index (χ1v) is 9.39. The van der Waals surface area contributed by atoms with Crippen LogP contribution in [0.15, 0.2) is 89.7 Å². The van der Waals surface area contributed by atoms with Crippen LogP contribution >= 0.6 is 11.6 Å². The third-order valence-electron chi connectivity index (χ3n) is 4.88. The number of halogens is 1. The van der Waals surface area contributed by atoms with Crippen LogP contribution in [0.2, 0.25) is 5.02 Å². The van der Waals surface area contributed by atoms with E-state index >= 15 is 0 Å². The first-order valence-electron chi connectivity index (χ1n) is 9.01. The summed E-state index contributed by atoms with van der Waals surface area (Å²) >= 11 is 6.03. The van der Waals surface area contributed by atoms with Gasteiger partial charge < -0.3 is 4.57 Å². The van der Waals surface area contributed by atoms with Gasteiger partial charge in [0, 0.05) is 16.7 Å². The summed E-state index contributed by atoms with van der Waals surface area (Å²) in [5.74, 6) is 0.627. The average Bonchev–Trinajstić information content (AvgIpc) is 3.04. The van der Waals surface area contributed by atoms with Crippen molar-refractivity contribution in [2.45, 2.75) is 6.54 Å². The van der Waals surface area contributed by atoms with Gasteiger partial charge >= 0.3 is 0 Å². The number of fused-ring (bicyclic) bond motifs is 3. The smallest absolute Gasteiger partial charge is 0.260 e. The number of hydrogen-bond acceptors (Lipinski definition) is 2. The van der Waals surface area contributed by atoms with E-state index in [4.69, 9.17) is 16.6 Å². The van der Waals surface area contributed by atoms with Crippen LogP contribution in [0.3, 0.4) is 0 Å². The fourth-order valence-corrected chi connectivity index (χ4v) is 3.68. The summed E-state index contributed by atoms with van der Waals surface area (Å²) in [5, 5.41) is 0.701. The van der Waals surface area contributed by atoms with E-state index < -0.39 is 0 Å². The largest absolute Gasteiger partial charge is 0.305 e. The molecule has 0 atom stereocenters. The zero-order valence-corrected chi connectivity index (χ0v) is 15.7. The van der Waals surface area contributed by atoms with Crippen molar-refractivity contribution in [3.05, 3.63) is 106 Å². The minimum absolute atomic E-state index is 0.0880. The summed E-state index contributed by atoms with van der Waals surface area (Å²) < 4.78 is 3.75. The van der Waals surface area contributed by atoms with Gasteiger partial charge in [-0.3, -0.25) is 4.79 Å². The second kappa shape index (κ2) is 6.66. The quantitative estimate of drug-likeness (QED) is 0.437. The van der Waals surface area contributed by atoms with Crippen molar-refractivity contribution in [1.82, 2.24) is 14.0 Å². The maximum Gasteiger partial charge on any atom is 0.260 e. The summed E-state index contributed by atoms with van der Waals surface area (Å²) in [6, 6.07) is 27.0. The summed E-state index contributed by atoms with van der Waals surface area (Å²) in [4.78, 5) is 17.8. The summed E-state index contributed by atoms with van der Waals surface area (Å²) in [7, 11) is 0. The number of imidazole rings is 1. The van der Waals surface area contributed by atoms with Crippen molar-refractivity contribution in [1.29, 1.82) is 0 Å². The first kappa shape index (κ1) is 16.8. The Morgan fingerprint density at radius 3 is 2.25 bits per heavy atom. The molecule has 4 nitrogen and oxygen atoms in total. The molecule has 0 N–H and O–H groups in total. The van der Waals surface area contributed by atoms with Gasteiger partial charge in [-0.15, -0.1) is 0 Å². The Morgan fingerprint density at radius 1 is 0.821 bits per heavy atom. The molecular weight excluding hydrogens is 370 g/mol. The molecule has 3 aromatic carbocycles. The highest BCUT2D eigenvalue weighted by molar-refractivity contribution is 6.30. The van der Waals surface area contributed by atoms with Gasteiger partial charge in [-0.05, 0) is 29.8 Å². The van der Waals surface area contributed by atoms with Crippen LogP contribution in [0.1, 0.15) is 5.56 Å². The lowest BCUT2D eigenvalue weighted by Crippen LogP contribution is -2.14. The van der Waals surface area contributed by atoms with E-state index in [0.29, 0.717) is 23.0 Å². The van der Waals surface area contributed by atoms with Crippen LogP contribution in [-0.4, -0.2) is 14.0 Å². The molecule has 2 heterocycles. The van der Waals surface area contributed by atoms with Gasteiger partial charge in [0.05, 0.1) is 23.3 Å². The molecule has 2 aromatic heterocycles. The maximum atomic E-state index is 13.0. The SMILES string of the molecule is O=c1cc(-c2ccccc2)nc2n(Cc3ccc(Cl)cc3)c3ccccc3n12. The highest BCUT2D eigenvalue weighted by atomic mass is 35.5. The van der Waals surface area contributed by atoms with Crippen LogP contribution in [0.5, 0.6) is 0 Å². The first-order chi connectivity index (χ1) is 13.7. The molecule has 5 aromatic rings. The molecule has 5 heteroatoms. The average molecular weight is 386 g/mol. The van der Waals surface area contributed by atoms with Crippen molar-refractivity contribution in [3.63, 3.8) is 0 Å². The summed E-state index contributed by atoms with van der Waals surface area (Å²) in [5.41, 5.74) is 4.41. The van der Waals surface area contributed by atoms with Gasteiger partial charge in [-0.1, -0.05) is 66.2 Å². The van der Waals surface area contributed by atoms with E-state index in [1.54, 1.807) is 10.5 Å². The lowest BCUT2D eigenvalue weighted by Gasteiger charge is -2.07. The Morgan fingerprint density at radius 2 is 1.50 bits per heavy atom. The predicted octanol–water partition coefficient (Wildman–Crippen LogP) is 5.02. The molecule has 0 saturated carbocycles. The molecule has 28 heavy (non-hydrogen) atoms. The molecule has 0 spiro atoms. The number of benzene rings is 3. The Kier molecular flexibility index (Phi) is 3.99. The monoisotopic (exact) mass is 385 g/mol. The van der Waals surface area contributed by atoms with E-state index in [1.807, 2.05) is 78.9 Å². The van der Waals surface area contributed by atoms with E-state index in [2.05, 4.69) is 4.57 Å². The highest BCUT2D eigenvalue weighted by Gasteiger charge is 2.15. The highest BCUT2D eigenvalue weighted by Crippen LogP contribution is 2.23. The molecule has 0 aliphatic heterocycles. The number of nitrogens with zero attached hydrogens (tertiary/aromatic N) is 3. The van der Waals surface area contributed by atoms with Gasteiger partial charge in [-0.2, -0.15) is 0 Å². The zero-order chi connectivity index (χ0) is 19.1. The molecule has 0 aliphatic rings. The lowest BCUT2D eigenvalue weighted by molar-refractivity contribution is 0.834. The fourth-order valence-electron chi connectivity index (χ4n) is 3.55. The van der Waals surface area contributed by atoms with Crippen molar-refractivity contribution >= 4 is 28.4 Å². The molecular formula is C23H16ClN3O. The van der Waals surface area contributed by atoms with Gasteiger partial charge in [0.1, 0.15) is 0 Å². The minimum atomic E-state index is -0.0880. The van der Waals surface area contributed by atoms with Crippen LogP contribution < -0.4 is 5.56 Å². The minimum Gasteiger partial charge on any atom is -0.305 e. The summed E-state index contributed by atoms with van der Waals surface area (Å²) in [6.45, 7) is 0.596. The number of hydrogen-bond donors (Lipinski definition) is 0. The molecule has 136 valence electrons. The standard InChI is InChI=1S/C23H16ClN3O/c24-18-12-10-16(11-13-18)15-26-20-8-4-5-9-21(20)27-22(28)14-19(25-23(26)27)17-6-2-1-3-7-17/h1-14H,15H2. The molecule has 0 unspecified atom stereocenters. The Balaban J connectivity index is 1.79. The van der Waals surface area contributed by atoms with Crippen molar-refractivity contribution in [2.24, 2.45) is 0 Å². The Hall–Kier alpha value is -3.37. The second-order valence-corrected chi connectivity index (χ2v) is 7.12. The van der Waals surface area contributed by atoms with E-state index in [9.17, 15) is 4.79 Å². The van der Waals surface area contributed by atoms with Crippen LogP contribution in [0.4, 0.5) is 0 Å².